The summed E-state index contributed by atoms with van der Waals surface area (Å²) in [5.41, 5.74) is 2.25. The third-order valence-corrected chi connectivity index (χ3v) is 3.55. The average molecular weight is 228 g/mol. The van der Waals surface area contributed by atoms with E-state index in [1.54, 1.807) is 5.01 Å². The van der Waals surface area contributed by atoms with Gasteiger partial charge in [-0.1, -0.05) is 36.8 Å². The lowest BCUT2D eigenvalue weighted by atomic mass is 9.87. The van der Waals surface area contributed by atoms with Crippen molar-refractivity contribution in [3.63, 3.8) is 0 Å². The van der Waals surface area contributed by atoms with Gasteiger partial charge in [0, 0.05) is 0 Å². The fraction of sp³-hybridized carbons (Fsp3) is 0.429. The maximum atomic E-state index is 12.2. The van der Waals surface area contributed by atoms with Crippen molar-refractivity contribution in [2.24, 2.45) is 11.0 Å². The molecule has 0 radical (unpaired) electrons. The summed E-state index contributed by atoms with van der Waals surface area (Å²) in [5.74, 6) is 0.288. The standard InChI is InChI=1S/C14H16N2O/c17-14-12-8-4-5-9-13(12)15-16(14)10-11-6-2-1-3-7-11/h1-3,6-7,12H,4-5,8-10H2. The molecule has 3 heteroatoms. The summed E-state index contributed by atoms with van der Waals surface area (Å²) in [7, 11) is 0. The summed E-state index contributed by atoms with van der Waals surface area (Å²) in [5, 5.41) is 6.14. The Bertz CT molecular complexity index is 453. The minimum atomic E-state index is 0.0902. The third kappa shape index (κ3) is 1.97. The van der Waals surface area contributed by atoms with E-state index < -0.39 is 0 Å². The Balaban J connectivity index is 1.77. The van der Waals surface area contributed by atoms with Crippen LogP contribution in [0.4, 0.5) is 0 Å². The number of carbonyl (C=O) groups is 1. The molecule has 1 unspecified atom stereocenters. The smallest absolute Gasteiger partial charge is 0.251 e. The SMILES string of the molecule is O=C1C2CCCCC2=NN1Cc1ccccc1. The maximum absolute atomic E-state index is 12.2. The van der Waals surface area contributed by atoms with Crippen molar-refractivity contribution in [2.75, 3.05) is 0 Å². The number of benzene rings is 1. The first-order valence-corrected chi connectivity index (χ1v) is 6.27. The van der Waals surface area contributed by atoms with Crippen LogP contribution in [-0.4, -0.2) is 16.6 Å². The van der Waals surface area contributed by atoms with Gasteiger partial charge in [-0.15, -0.1) is 0 Å². The summed E-state index contributed by atoms with van der Waals surface area (Å²) in [6, 6.07) is 10.1. The van der Waals surface area contributed by atoms with E-state index in [1.165, 1.54) is 6.42 Å². The molecule has 0 N–H and O–H groups in total. The van der Waals surface area contributed by atoms with Crippen LogP contribution in [0.25, 0.3) is 0 Å². The molecule has 0 aromatic heterocycles. The van der Waals surface area contributed by atoms with Crippen LogP contribution in [0.5, 0.6) is 0 Å². The van der Waals surface area contributed by atoms with E-state index in [2.05, 4.69) is 5.10 Å². The Labute approximate surface area is 101 Å². The van der Waals surface area contributed by atoms with Gasteiger partial charge < -0.3 is 0 Å². The monoisotopic (exact) mass is 228 g/mol. The van der Waals surface area contributed by atoms with Gasteiger partial charge in [0.05, 0.1) is 18.2 Å². The summed E-state index contributed by atoms with van der Waals surface area (Å²) in [6.45, 7) is 0.611. The first kappa shape index (κ1) is 10.5. The highest BCUT2D eigenvalue weighted by Gasteiger charge is 2.36. The minimum Gasteiger partial charge on any atom is -0.272 e. The highest BCUT2D eigenvalue weighted by atomic mass is 16.2. The Morgan fingerprint density at radius 2 is 2.06 bits per heavy atom. The molecule has 0 saturated heterocycles. The normalized spacial score (nSPS) is 23.5. The molecule has 3 rings (SSSR count). The Kier molecular flexibility index (Phi) is 2.67. The zero-order chi connectivity index (χ0) is 11.7. The topological polar surface area (TPSA) is 32.7 Å². The molecule has 1 aromatic carbocycles. The quantitative estimate of drug-likeness (QED) is 0.765. The summed E-state index contributed by atoms with van der Waals surface area (Å²) in [6.07, 6.45) is 4.33. The van der Waals surface area contributed by atoms with Crippen molar-refractivity contribution in [1.82, 2.24) is 5.01 Å². The van der Waals surface area contributed by atoms with Crippen LogP contribution in [0.3, 0.4) is 0 Å². The number of nitrogens with zero attached hydrogens (tertiary/aromatic N) is 2. The van der Waals surface area contributed by atoms with Crippen molar-refractivity contribution in [3.8, 4) is 0 Å². The highest BCUT2D eigenvalue weighted by Crippen LogP contribution is 2.29. The molecule has 1 aliphatic carbocycles. The summed E-state index contributed by atoms with van der Waals surface area (Å²) >= 11 is 0. The zero-order valence-electron chi connectivity index (χ0n) is 9.80. The second kappa shape index (κ2) is 4.32. The molecule has 2 aliphatic rings. The first-order valence-electron chi connectivity index (χ1n) is 6.27. The number of rotatable bonds is 2. The lowest BCUT2D eigenvalue weighted by Crippen LogP contribution is -2.28. The van der Waals surface area contributed by atoms with Gasteiger partial charge >= 0.3 is 0 Å². The molecule has 1 aliphatic heterocycles. The summed E-state index contributed by atoms with van der Waals surface area (Å²) < 4.78 is 0. The lowest BCUT2D eigenvalue weighted by molar-refractivity contribution is -0.132. The van der Waals surface area contributed by atoms with Crippen molar-refractivity contribution in [1.29, 1.82) is 0 Å². The second-order valence-electron chi connectivity index (χ2n) is 4.77. The molecule has 0 spiro atoms. The molecule has 3 nitrogen and oxygen atoms in total. The van der Waals surface area contributed by atoms with Crippen LogP contribution in [0.2, 0.25) is 0 Å². The minimum absolute atomic E-state index is 0.0902. The second-order valence-corrected chi connectivity index (χ2v) is 4.77. The van der Waals surface area contributed by atoms with Gasteiger partial charge in [0.15, 0.2) is 0 Å². The van der Waals surface area contributed by atoms with Crippen LogP contribution in [0.15, 0.2) is 35.4 Å². The zero-order valence-corrected chi connectivity index (χ0v) is 9.80. The molecule has 17 heavy (non-hydrogen) atoms. The molecule has 88 valence electrons. The van der Waals surface area contributed by atoms with Crippen LogP contribution in [0.1, 0.15) is 31.2 Å². The number of hydrogen-bond acceptors (Lipinski definition) is 2. The predicted octanol–water partition coefficient (Wildman–Crippen LogP) is 2.58. The summed E-state index contributed by atoms with van der Waals surface area (Å²) in [4.78, 5) is 12.2. The number of carbonyl (C=O) groups excluding carboxylic acids is 1. The fourth-order valence-corrected chi connectivity index (χ4v) is 2.63. The van der Waals surface area contributed by atoms with Gasteiger partial charge in [-0.3, -0.25) is 4.79 Å². The number of amides is 1. The molecule has 1 atom stereocenters. The van der Waals surface area contributed by atoms with E-state index >= 15 is 0 Å². The molecule has 1 amide bonds. The fourth-order valence-electron chi connectivity index (χ4n) is 2.63. The lowest BCUT2D eigenvalue weighted by Gasteiger charge is -2.16. The van der Waals surface area contributed by atoms with Gasteiger partial charge in [-0.25, -0.2) is 5.01 Å². The molecule has 1 aromatic rings. The van der Waals surface area contributed by atoms with Gasteiger partial charge in [-0.2, -0.15) is 5.10 Å². The van der Waals surface area contributed by atoms with Crippen LogP contribution < -0.4 is 0 Å². The molecule has 1 heterocycles. The van der Waals surface area contributed by atoms with Crippen molar-refractivity contribution < 1.29 is 4.79 Å². The van der Waals surface area contributed by atoms with E-state index in [0.29, 0.717) is 6.54 Å². The Morgan fingerprint density at radius 1 is 1.24 bits per heavy atom. The van der Waals surface area contributed by atoms with Gasteiger partial charge in [-0.05, 0) is 24.8 Å². The first-order chi connectivity index (χ1) is 8.34. The highest BCUT2D eigenvalue weighted by molar-refractivity contribution is 6.08. The van der Waals surface area contributed by atoms with Gasteiger partial charge in [0.25, 0.3) is 5.91 Å². The number of hydrogen-bond donors (Lipinski definition) is 0. The van der Waals surface area contributed by atoms with E-state index in [1.807, 2.05) is 30.3 Å². The number of hydrazone groups is 1. The Hall–Kier alpha value is -1.64. The van der Waals surface area contributed by atoms with E-state index in [9.17, 15) is 4.79 Å². The van der Waals surface area contributed by atoms with Crippen molar-refractivity contribution >= 4 is 11.6 Å². The molecular formula is C14H16N2O. The van der Waals surface area contributed by atoms with Crippen molar-refractivity contribution in [3.05, 3.63) is 35.9 Å². The Morgan fingerprint density at radius 3 is 2.82 bits per heavy atom. The maximum Gasteiger partial charge on any atom is 0.251 e. The van der Waals surface area contributed by atoms with E-state index in [4.69, 9.17) is 0 Å². The van der Waals surface area contributed by atoms with Crippen LogP contribution >= 0.6 is 0 Å². The van der Waals surface area contributed by atoms with Crippen LogP contribution in [0, 0.1) is 5.92 Å². The van der Waals surface area contributed by atoms with Crippen LogP contribution in [-0.2, 0) is 11.3 Å². The van der Waals surface area contributed by atoms with E-state index in [0.717, 1.165) is 30.5 Å². The van der Waals surface area contributed by atoms with Crippen molar-refractivity contribution in [2.45, 2.75) is 32.2 Å². The molecule has 0 bridgehead atoms. The largest absolute Gasteiger partial charge is 0.272 e. The van der Waals surface area contributed by atoms with E-state index in [-0.39, 0.29) is 11.8 Å². The molecular weight excluding hydrogens is 212 g/mol. The average Bonchev–Trinajstić information content (AvgIpc) is 2.68. The molecule has 1 fully saturated rings. The molecule has 1 saturated carbocycles. The number of fused-ring (bicyclic) bond motifs is 1. The van der Waals surface area contributed by atoms with Gasteiger partial charge in [0.2, 0.25) is 0 Å². The predicted molar refractivity (Wildman–Crippen MR) is 66.4 cm³/mol. The third-order valence-electron chi connectivity index (χ3n) is 3.55. The van der Waals surface area contributed by atoms with Gasteiger partial charge in [0.1, 0.15) is 0 Å².